The van der Waals surface area contributed by atoms with Gasteiger partial charge in [0, 0.05) is 12.3 Å². The summed E-state index contributed by atoms with van der Waals surface area (Å²) in [6, 6.07) is 19.6. The number of nitrogens with zero attached hydrogens (tertiary/aromatic N) is 1. The van der Waals surface area contributed by atoms with E-state index in [1.807, 2.05) is 62.4 Å². The summed E-state index contributed by atoms with van der Waals surface area (Å²) in [4.78, 5) is 27.0. The Hall–Kier alpha value is -2.27. The first-order chi connectivity index (χ1) is 13.1. The number of rotatable bonds is 7. The van der Waals surface area contributed by atoms with E-state index in [0.717, 1.165) is 24.2 Å². The number of hydrogen-bond donors (Lipinski definition) is 1. The second kappa shape index (κ2) is 8.61. The number of hydrogen-bond acceptors (Lipinski definition) is 3. The fourth-order valence-corrected chi connectivity index (χ4v) is 5.21. The Morgan fingerprint density at radius 3 is 2.11 bits per heavy atom. The molecular formula is C22H26N2O2S. The lowest BCUT2D eigenvalue weighted by atomic mass is 9.74. The summed E-state index contributed by atoms with van der Waals surface area (Å²) in [6.07, 6.45) is 1.49. The zero-order valence-corrected chi connectivity index (χ0v) is 16.7. The smallest absolute Gasteiger partial charge is 0.325 e. The van der Waals surface area contributed by atoms with E-state index in [1.165, 1.54) is 10.5 Å². The molecule has 0 aliphatic carbocycles. The maximum atomic E-state index is 12.9. The van der Waals surface area contributed by atoms with Gasteiger partial charge in [0.25, 0.3) is 0 Å². The van der Waals surface area contributed by atoms with Gasteiger partial charge in [-0.15, -0.1) is 11.8 Å². The number of carbonyl (C=O) groups is 2. The van der Waals surface area contributed by atoms with Crippen molar-refractivity contribution in [1.82, 2.24) is 10.2 Å². The number of benzene rings is 2. The van der Waals surface area contributed by atoms with E-state index >= 15 is 0 Å². The number of nitrogens with one attached hydrogen (secondary N) is 1. The lowest BCUT2D eigenvalue weighted by Crippen LogP contribution is -2.70. The molecule has 0 radical (unpaired) electrons. The molecule has 2 aromatic rings. The summed E-state index contributed by atoms with van der Waals surface area (Å²) >= 11 is 1.68. The van der Waals surface area contributed by atoms with Crippen molar-refractivity contribution in [2.24, 2.45) is 5.41 Å². The van der Waals surface area contributed by atoms with Crippen molar-refractivity contribution >= 4 is 23.7 Å². The van der Waals surface area contributed by atoms with E-state index in [1.54, 1.807) is 11.8 Å². The largest absolute Gasteiger partial charge is 0.334 e. The maximum absolute atomic E-state index is 12.9. The summed E-state index contributed by atoms with van der Waals surface area (Å²) in [5.74, 6) is 0.729. The monoisotopic (exact) mass is 382 g/mol. The molecular weight excluding hydrogens is 356 g/mol. The van der Waals surface area contributed by atoms with E-state index in [2.05, 4.69) is 17.4 Å². The Kier molecular flexibility index (Phi) is 6.22. The third-order valence-corrected chi connectivity index (χ3v) is 6.85. The minimum absolute atomic E-state index is 0.0522. The molecule has 2 aromatic carbocycles. The van der Waals surface area contributed by atoms with E-state index in [0.29, 0.717) is 6.54 Å². The zero-order chi connectivity index (χ0) is 19.3. The Bertz CT molecular complexity index is 775. The molecule has 1 aliphatic rings. The lowest BCUT2D eigenvalue weighted by molar-refractivity contribution is -0.158. The molecule has 1 N–H and O–H groups in total. The molecule has 0 spiro atoms. The topological polar surface area (TPSA) is 49.4 Å². The van der Waals surface area contributed by atoms with Gasteiger partial charge in [0.05, 0.1) is 5.41 Å². The number of likely N-dealkylation sites (tertiary alicyclic amines) is 1. The van der Waals surface area contributed by atoms with E-state index < -0.39 is 5.41 Å². The van der Waals surface area contributed by atoms with Crippen LogP contribution < -0.4 is 5.32 Å². The summed E-state index contributed by atoms with van der Waals surface area (Å²) in [5.41, 5.74) is 1.78. The molecule has 3 rings (SSSR count). The summed E-state index contributed by atoms with van der Waals surface area (Å²) in [6.45, 7) is 4.50. The van der Waals surface area contributed by atoms with Gasteiger partial charge in [0.15, 0.2) is 0 Å². The van der Waals surface area contributed by atoms with Crippen LogP contribution >= 0.6 is 11.8 Å². The number of amides is 3. The van der Waals surface area contributed by atoms with Crippen molar-refractivity contribution < 1.29 is 9.59 Å². The van der Waals surface area contributed by atoms with Crippen molar-refractivity contribution in [3.8, 4) is 0 Å². The van der Waals surface area contributed by atoms with Crippen molar-refractivity contribution in [2.75, 3.05) is 0 Å². The van der Waals surface area contributed by atoms with Crippen LogP contribution in [0.1, 0.15) is 37.8 Å². The predicted octanol–water partition coefficient (Wildman–Crippen LogP) is 4.80. The molecule has 3 amide bonds. The van der Waals surface area contributed by atoms with Crippen LogP contribution in [0.15, 0.2) is 60.7 Å². The highest BCUT2D eigenvalue weighted by atomic mass is 32.2. The molecule has 0 aromatic heterocycles. The number of thioether (sulfide) groups is 1. The molecule has 0 saturated carbocycles. The highest BCUT2D eigenvalue weighted by molar-refractivity contribution is 7.99. The van der Waals surface area contributed by atoms with Gasteiger partial charge in [-0.1, -0.05) is 74.5 Å². The highest BCUT2D eigenvalue weighted by Crippen LogP contribution is 2.50. The van der Waals surface area contributed by atoms with Crippen LogP contribution in [-0.4, -0.2) is 22.2 Å². The molecule has 1 saturated heterocycles. The molecule has 142 valence electrons. The van der Waals surface area contributed by atoms with Gasteiger partial charge in [0.2, 0.25) is 5.91 Å². The van der Waals surface area contributed by atoms with Gasteiger partial charge in [0.1, 0.15) is 5.37 Å². The standard InChI is InChI=1S/C22H26N2O2S/c1-3-22(4-2)19(25)24(20(22)27-16-18-13-9-6-10-14-18)21(26)23-15-17-11-7-5-8-12-17/h5-14,20H,3-4,15-16H2,1-2H3,(H,23,26). The Balaban J connectivity index is 1.69. The van der Waals surface area contributed by atoms with Crippen LogP contribution in [0, 0.1) is 5.41 Å². The normalized spacial score (nSPS) is 18.1. The Morgan fingerprint density at radius 2 is 1.56 bits per heavy atom. The fourth-order valence-electron chi connectivity index (χ4n) is 3.58. The third kappa shape index (κ3) is 3.88. The Labute approximate surface area is 165 Å². The minimum Gasteiger partial charge on any atom is -0.334 e. The van der Waals surface area contributed by atoms with Gasteiger partial charge in [-0.3, -0.25) is 4.79 Å². The molecule has 1 unspecified atom stereocenters. The quantitative estimate of drug-likeness (QED) is 0.700. The van der Waals surface area contributed by atoms with Crippen molar-refractivity contribution in [1.29, 1.82) is 0 Å². The second-order valence-electron chi connectivity index (χ2n) is 6.83. The average Bonchev–Trinajstić information content (AvgIpc) is 2.72. The molecule has 1 fully saturated rings. The first kappa shape index (κ1) is 19.5. The SMILES string of the molecule is CCC1(CC)C(=O)N(C(=O)NCc2ccccc2)C1SCc1ccccc1. The molecule has 0 bridgehead atoms. The van der Waals surface area contributed by atoms with Crippen molar-refractivity contribution in [3.05, 3.63) is 71.8 Å². The number of β-lactam (4-membered cyclic amide) rings is 1. The first-order valence-corrected chi connectivity index (χ1v) is 10.5. The minimum atomic E-state index is -0.441. The van der Waals surface area contributed by atoms with E-state index in [-0.39, 0.29) is 17.3 Å². The summed E-state index contributed by atoms with van der Waals surface area (Å²) in [5, 5.41) is 2.77. The first-order valence-electron chi connectivity index (χ1n) is 9.43. The van der Waals surface area contributed by atoms with Crippen LogP contribution in [0.5, 0.6) is 0 Å². The van der Waals surface area contributed by atoms with Gasteiger partial charge >= 0.3 is 6.03 Å². The van der Waals surface area contributed by atoms with Crippen LogP contribution in [0.25, 0.3) is 0 Å². The Morgan fingerprint density at radius 1 is 1.00 bits per heavy atom. The van der Waals surface area contributed by atoms with Crippen molar-refractivity contribution in [3.63, 3.8) is 0 Å². The molecule has 1 heterocycles. The summed E-state index contributed by atoms with van der Waals surface area (Å²) in [7, 11) is 0. The number of carbonyl (C=O) groups excluding carboxylic acids is 2. The molecule has 4 nitrogen and oxygen atoms in total. The van der Waals surface area contributed by atoms with E-state index in [9.17, 15) is 9.59 Å². The average molecular weight is 383 g/mol. The maximum Gasteiger partial charge on any atom is 0.325 e. The molecule has 27 heavy (non-hydrogen) atoms. The van der Waals surface area contributed by atoms with Crippen LogP contribution in [0.4, 0.5) is 4.79 Å². The number of imide groups is 1. The lowest BCUT2D eigenvalue weighted by Gasteiger charge is -2.53. The molecule has 1 atom stereocenters. The highest BCUT2D eigenvalue weighted by Gasteiger charge is 2.60. The number of urea groups is 1. The van der Waals surface area contributed by atoms with Crippen LogP contribution in [-0.2, 0) is 17.1 Å². The van der Waals surface area contributed by atoms with Gasteiger partial charge in [-0.25, -0.2) is 9.69 Å². The van der Waals surface area contributed by atoms with Gasteiger partial charge < -0.3 is 5.32 Å². The second-order valence-corrected chi connectivity index (χ2v) is 7.90. The summed E-state index contributed by atoms with van der Waals surface area (Å²) < 4.78 is 0. The predicted molar refractivity (Wildman–Crippen MR) is 110 cm³/mol. The van der Waals surface area contributed by atoms with Crippen LogP contribution in [0.3, 0.4) is 0 Å². The van der Waals surface area contributed by atoms with Gasteiger partial charge in [-0.2, -0.15) is 0 Å². The molecule has 1 aliphatic heterocycles. The van der Waals surface area contributed by atoms with Crippen LogP contribution in [0.2, 0.25) is 0 Å². The van der Waals surface area contributed by atoms with E-state index in [4.69, 9.17) is 0 Å². The third-order valence-electron chi connectivity index (χ3n) is 5.37. The van der Waals surface area contributed by atoms with Crippen molar-refractivity contribution in [2.45, 2.75) is 44.4 Å². The molecule has 5 heteroatoms. The zero-order valence-electron chi connectivity index (χ0n) is 15.9. The fraction of sp³-hybridized carbons (Fsp3) is 0.364. The van der Waals surface area contributed by atoms with Gasteiger partial charge in [-0.05, 0) is 24.0 Å².